The van der Waals surface area contributed by atoms with E-state index in [-0.39, 0.29) is 0 Å². The lowest BCUT2D eigenvalue weighted by Crippen LogP contribution is -2.12. The Balaban J connectivity index is 2.15. The molecule has 0 aromatic heterocycles. The molecule has 1 aliphatic rings. The van der Waals surface area contributed by atoms with Crippen LogP contribution in [0.2, 0.25) is 0 Å². The molecule has 0 aliphatic carbocycles. The predicted octanol–water partition coefficient (Wildman–Crippen LogP) is 11.2. The van der Waals surface area contributed by atoms with Crippen molar-refractivity contribution < 1.29 is 4.68 Å². The summed E-state index contributed by atoms with van der Waals surface area (Å²) in [5.74, 6) is 9.60. The van der Waals surface area contributed by atoms with Gasteiger partial charge in [0.2, 0.25) is 11.4 Å². The fourth-order valence-electron chi connectivity index (χ4n) is 5.70. The number of allylic oxidation sites excluding steroid dienone is 5. The van der Waals surface area contributed by atoms with E-state index in [2.05, 4.69) is 96.2 Å². The molecule has 216 valence electrons. The Morgan fingerprint density at radius 1 is 0.600 bits per heavy atom. The van der Waals surface area contributed by atoms with Crippen LogP contribution in [0.1, 0.15) is 133 Å². The molecule has 1 aliphatic heterocycles. The molecule has 3 rings (SSSR count). The van der Waals surface area contributed by atoms with E-state index in [1.165, 1.54) is 83.1 Å². The van der Waals surface area contributed by atoms with Gasteiger partial charge < -0.3 is 5.84 Å². The van der Waals surface area contributed by atoms with E-state index in [0.717, 1.165) is 56.4 Å². The van der Waals surface area contributed by atoms with Gasteiger partial charge in [0.1, 0.15) is 0 Å². The highest BCUT2D eigenvalue weighted by molar-refractivity contribution is 6.17. The first kappa shape index (κ1) is 31.7. The van der Waals surface area contributed by atoms with Crippen molar-refractivity contribution in [1.82, 2.24) is 0 Å². The van der Waals surface area contributed by atoms with Gasteiger partial charge in [-0.3, -0.25) is 0 Å². The minimum Gasteiger partial charge on any atom is -0.448 e. The highest BCUT2D eigenvalue weighted by atomic mass is 15.3. The maximum atomic E-state index is 9.60. The third-order valence-corrected chi connectivity index (χ3v) is 8.18. The molecule has 1 heterocycles. The summed E-state index contributed by atoms with van der Waals surface area (Å²) in [6.45, 7) is 13.4. The number of hydrogen-bond donors (Lipinski definition) is 0. The Morgan fingerprint density at radius 3 is 1.65 bits per heavy atom. The van der Waals surface area contributed by atoms with Gasteiger partial charge in [-0.05, 0) is 91.5 Å². The van der Waals surface area contributed by atoms with Gasteiger partial charge in [-0.1, -0.05) is 110 Å². The average Bonchev–Trinajstić information content (AvgIpc) is 3.26. The summed E-state index contributed by atoms with van der Waals surface area (Å²) in [6, 6.07) is 13.9. The second kappa shape index (κ2) is 16.4. The maximum Gasteiger partial charge on any atom is 0.216 e. The van der Waals surface area contributed by atoms with E-state index in [1.54, 1.807) is 4.68 Å². The maximum absolute atomic E-state index is 9.60. The lowest BCUT2D eigenvalue weighted by atomic mass is 9.91. The summed E-state index contributed by atoms with van der Waals surface area (Å²) in [4.78, 5) is 0. The zero-order valence-electron chi connectivity index (χ0n) is 26.3. The van der Waals surface area contributed by atoms with Crippen LogP contribution in [0.4, 0.5) is 0 Å². The molecular formula is C38H54N2. The molecular weight excluding hydrogens is 484 g/mol. The normalized spacial score (nSPS) is 14.9. The van der Waals surface area contributed by atoms with Gasteiger partial charge in [-0.25, -0.2) is 4.68 Å². The number of aryl methyl sites for hydroxylation is 4. The number of nitrogens with zero attached hydrogens (tertiary/aromatic N) is 1. The van der Waals surface area contributed by atoms with Gasteiger partial charge in [0.05, 0.1) is 11.1 Å². The van der Waals surface area contributed by atoms with Gasteiger partial charge in [-0.15, -0.1) is 0 Å². The number of benzene rings is 2. The zero-order chi connectivity index (χ0) is 28.9. The Morgan fingerprint density at radius 2 is 1.12 bits per heavy atom. The minimum atomic E-state index is 1.00. The third kappa shape index (κ3) is 8.09. The fourth-order valence-corrected chi connectivity index (χ4v) is 5.70. The minimum absolute atomic E-state index is 1.00. The standard InChI is InChI=1S/C38H54N2/c1-7-13-15-16-17-18-19-20-22-36-35(21-14-8-2)37(33-25-29(9-3)23-30(10-4)26-33)40(39)38(36)34-27-31(11-5)24-32(12-6)28-34/h20-28,39H,7-19H2,1-6H3. The van der Waals surface area contributed by atoms with Crippen molar-refractivity contribution in [1.29, 1.82) is 0 Å². The van der Waals surface area contributed by atoms with Crippen molar-refractivity contribution in [2.45, 2.75) is 125 Å². The van der Waals surface area contributed by atoms with Gasteiger partial charge >= 0.3 is 0 Å². The van der Waals surface area contributed by atoms with E-state index < -0.39 is 0 Å². The van der Waals surface area contributed by atoms with Crippen LogP contribution in [0.25, 0.3) is 11.5 Å². The molecule has 0 atom stereocenters. The molecule has 2 aromatic rings. The van der Waals surface area contributed by atoms with E-state index in [1.807, 2.05) is 0 Å². The SMILES string of the molecule is CCCC=C1C(C=CCCCCCCCC)=C(c2cc(CC)cc(CC)c2)[N+]([NH-])=C1c1cc(CC)cc(CC)c1. The average molecular weight is 539 g/mol. The number of hydrogen-bond acceptors (Lipinski definition) is 0. The van der Waals surface area contributed by atoms with Crippen LogP contribution in [0.15, 0.2) is 65.8 Å². The van der Waals surface area contributed by atoms with Crippen molar-refractivity contribution in [2.75, 3.05) is 0 Å². The van der Waals surface area contributed by atoms with Crippen molar-refractivity contribution in [3.05, 3.63) is 105 Å². The van der Waals surface area contributed by atoms with Gasteiger partial charge in [0, 0.05) is 11.1 Å². The van der Waals surface area contributed by atoms with E-state index in [4.69, 9.17) is 0 Å². The third-order valence-electron chi connectivity index (χ3n) is 8.18. The fraction of sp³-hybridized carbons (Fsp3) is 0.500. The molecule has 0 saturated carbocycles. The van der Waals surface area contributed by atoms with Crippen molar-refractivity contribution >= 4 is 11.4 Å². The predicted molar refractivity (Wildman–Crippen MR) is 176 cm³/mol. The van der Waals surface area contributed by atoms with Crippen molar-refractivity contribution in [3.63, 3.8) is 0 Å². The molecule has 2 aromatic carbocycles. The van der Waals surface area contributed by atoms with Crippen LogP contribution in [-0.4, -0.2) is 10.4 Å². The molecule has 0 bridgehead atoms. The van der Waals surface area contributed by atoms with Crippen LogP contribution in [0, 0.1) is 0 Å². The van der Waals surface area contributed by atoms with Gasteiger partial charge in [0.15, 0.2) is 0 Å². The van der Waals surface area contributed by atoms with Crippen LogP contribution < -0.4 is 0 Å². The second-order valence-electron chi connectivity index (χ2n) is 11.3. The summed E-state index contributed by atoms with van der Waals surface area (Å²) < 4.78 is 1.76. The molecule has 2 heteroatoms. The highest BCUT2D eigenvalue weighted by Crippen LogP contribution is 2.37. The van der Waals surface area contributed by atoms with Crippen LogP contribution in [0.3, 0.4) is 0 Å². The Hall–Kier alpha value is -2.87. The number of nitrogens with one attached hydrogen (secondary N) is 1. The van der Waals surface area contributed by atoms with Crippen molar-refractivity contribution in [3.8, 4) is 0 Å². The zero-order valence-corrected chi connectivity index (χ0v) is 26.3. The first-order valence-corrected chi connectivity index (χ1v) is 16.3. The molecule has 0 radical (unpaired) electrons. The molecule has 0 spiro atoms. The lowest BCUT2D eigenvalue weighted by molar-refractivity contribution is -0.347. The lowest BCUT2D eigenvalue weighted by Gasteiger charge is -2.12. The van der Waals surface area contributed by atoms with Gasteiger partial charge in [0.25, 0.3) is 0 Å². The Bertz CT molecular complexity index is 1190. The summed E-state index contributed by atoms with van der Waals surface area (Å²) >= 11 is 0. The highest BCUT2D eigenvalue weighted by Gasteiger charge is 2.34. The Kier molecular flexibility index (Phi) is 13.0. The van der Waals surface area contributed by atoms with E-state index in [9.17, 15) is 5.84 Å². The van der Waals surface area contributed by atoms with Crippen LogP contribution >= 0.6 is 0 Å². The number of rotatable bonds is 16. The Labute approximate surface area is 245 Å². The topological polar surface area (TPSA) is 26.8 Å². The molecule has 0 amide bonds. The van der Waals surface area contributed by atoms with E-state index in [0.29, 0.717) is 0 Å². The summed E-state index contributed by atoms with van der Waals surface area (Å²) in [6.07, 6.45) is 22.2. The monoisotopic (exact) mass is 538 g/mol. The van der Waals surface area contributed by atoms with Gasteiger partial charge in [-0.2, -0.15) is 0 Å². The summed E-state index contributed by atoms with van der Waals surface area (Å²) in [5.41, 5.74) is 12.2. The summed E-state index contributed by atoms with van der Waals surface area (Å²) in [5, 5.41) is 0. The first-order valence-electron chi connectivity index (χ1n) is 16.3. The van der Waals surface area contributed by atoms with Crippen molar-refractivity contribution in [2.24, 2.45) is 0 Å². The summed E-state index contributed by atoms with van der Waals surface area (Å²) in [7, 11) is 0. The second-order valence-corrected chi connectivity index (χ2v) is 11.3. The quantitative estimate of drug-likeness (QED) is 0.150. The molecule has 0 unspecified atom stereocenters. The molecule has 0 saturated heterocycles. The molecule has 0 fully saturated rings. The van der Waals surface area contributed by atoms with Crippen LogP contribution in [0.5, 0.6) is 0 Å². The molecule has 40 heavy (non-hydrogen) atoms. The van der Waals surface area contributed by atoms with Crippen LogP contribution in [-0.2, 0) is 25.7 Å². The molecule has 1 N–H and O–H groups in total. The van der Waals surface area contributed by atoms with E-state index >= 15 is 0 Å². The largest absolute Gasteiger partial charge is 0.448 e. The molecule has 2 nitrogen and oxygen atoms in total. The number of unbranched alkanes of at least 4 members (excludes halogenated alkanes) is 7. The smallest absolute Gasteiger partial charge is 0.216 e. The first-order chi connectivity index (χ1) is 19.5.